The molecule has 74 valence electrons. The van der Waals surface area contributed by atoms with Crippen LogP contribution in [0.5, 0.6) is 0 Å². The number of rotatable bonds is 4. The van der Waals surface area contributed by atoms with Crippen molar-refractivity contribution < 1.29 is 24.2 Å². The molecule has 0 heterocycles. The number of carbonyl (C=O) groups is 3. The highest BCUT2D eigenvalue weighted by Crippen LogP contribution is 1.86. The summed E-state index contributed by atoms with van der Waals surface area (Å²) in [6.07, 6.45) is -1.09. The molecule has 13 heavy (non-hydrogen) atoms. The number of amides is 2. The monoisotopic (exact) mass is 190 g/mol. The van der Waals surface area contributed by atoms with Crippen LogP contribution in [0.2, 0.25) is 0 Å². The number of carboxylic acids is 1. The zero-order valence-corrected chi connectivity index (χ0v) is 6.94. The lowest BCUT2D eigenvalue weighted by molar-refractivity contribution is -0.142. The zero-order valence-electron chi connectivity index (χ0n) is 6.94. The van der Waals surface area contributed by atoms with E-state index in [0.29, 0.717) is 0 Å². The predicted octanol–water partition coefficient (Wildman–Crippen LogP) is -1.33. The third kappa shape index (κ3) is 5.48. The Labute approximate surface area is 73.8 Å². The molecule has 0 saturated carbocycles. The zero-order chi connectivity index (χ0) is 10.4. The lowest BCUT2D eigenvalue weighted by Crippen LogP contribution is -2.43. The van der Waals surface area contributed by atoms with Crippen molar-refractivity contribution >= 4 is 18.0 Å². The molecule has 0 radical (unpaired) electrons. The highest BCUT2D eigenvalue weighted by molar-refractivity contribution is 5.82. The minimum absolute atomic E-state index is 0.482. The molecule has 7 nitrogen and oxygen atoms in total. The van der Waals surface area contributed by atoms with Crippen LogP contribution in [0, 0.1) is 0 Å². The van der Waals surface area contributed by atoms with Crippen molar-refractivity contribution in [3.8, 4) is 0 Å². The van der Waals surface area contributed by atoms with Crippen LogP contribution >= 0.6 is 0 Å². The van der Waals surface area contributed by atoms with Gasteiger partial charge in [-0.3, -0.25) is 4.79 Å². The van der Waals surface area contributed by atoms with Crippen LogP contribution in [0.4, 0.5) is 4.79 Å². The number of ether oxygens (including phenoxy) is 1. The van der Waals surface area contributed by atoms with Crippen molar-refractivity contribution in [2.24, 2.45) is 5.73 Å². The molecule has 0 spiro atoms. The standard InChI is InChI=1S/C6H10N2O5/c1-3(9)8-4(5(10)11)2-13-6(7)12/h4H,2H2,1H3,(H2,7,12)(H,8,9)(H,10,11)/t4-/m0/s1. The summed E-state index contributed by atoms with van der Waals surface area (Å²) in [5, 5.41) is 10.6. The lowest BCUT2D eigenvalue weighted by Gasteiger charge is -2.11. The number of nitrogens with two attached hydrogens (primary N) is 1. The first-order valence-electron chi connectivity index (χ1n) is 3.35. The van der Waals surface area contributed by atoms with Gasteiger partial charge in [-0.2, -0.15) is 0 Å². The molecule has 0 rings (SSSR count). The van der Waals surface area contributed by atoms with Crippen molar-refractivity contribution in [3.05, 3.63) is 0 Å². The number of carboxylic acid groups (broad SMARTS) is 1. The quantitative estimate of drug-likeness (QED) is 0.507. The van der Waals surface area contributed by atoms with Crippen molar-refractivity contribution in [1.29, 1.82) is 0 Å². The summed E-state index contributed by atoms with van der Waals surface area (Å²) in [6.45, 7) is 0.671. The Morgan fingerprint density at radius 1 is 1.54 bits per heavy atom. The van der Waals surface area contributed by atoms with Gasteiger partial charge in [0.15, 0.2) is 6.04 Å². The molecule has 0 aromatic rings. The summed E-state index contributed by atoms with van der Waals surface area (Å²) in [5.41, 5.74) is 4.60. The Kier molecular flexibility index (Phi) is 4.28. The van der Waals surface area contributed by atoms with E-state index in [9.17, 15) is 14.4 Å². The minimum atomic E-state index is -1.29. The van der Waals surface area contributed by atoms with Crippen molar-refractivity contribution in [2.45, 2.75) is 13.0 Å². The molecule has 0 aliphatic carbocycles. The fraction of sp³-hybridized carbons (Fsp3) is 0.500. The smallest absolute Gasteiger partial charge is 0.404 e. The van der Waals surface area contributed by atoms with Gasteiger partial charge in [-0.1, -0.05) is 0 Å². The first-order chi connectivity index (χ1) is 5.93. The molecule has 0 unspecified atom stereocenters. The Bertz CT molecular complexity index is 227. The lowest BCUT2D eigenvalue weighted by atomic mass is 10.3. The summed E-state index contributed by atoms with van der Waals surface area (Å²) in [4.78, 5) is 31.0. The second kappa shape index (κ2) is 4.96. The van der Waals surface area contributed by atoms with Crippen LogP contribution in [0.1, 0.15) is 6.92 Å². The van der Waals surface area contributed by atoms with E-state index in [1.54, 1.807) is 0 Å². The normalized spacial score (nSPS) is 11.5. The molecule has 1 atom stereocenters. The molecule has 0 aliphatic rings. The SMILES string of the molecule is CC(=O)N[C@@H](COC(N)=O)C(=O)O. The highest BCUT2D eigenvalue weighted by atomic mass is 16.5. The minimum Gasteiger partial charge on any atom is -0.480 e. The maximum Gasteiger partial charge on any atom is 0.404 e. The number of hydrogen-bond donors (Lipinski definition) is 3. The van der Waals surface area contributed by atoms with Gasteiger partial charge in [0.2, 0.25) is 5.91 Å². The maximum atomic E-state index is 10.5. The van der Waals surface area contributed by atoms with E-state index in [1.807, 2.05) is 0 Å². The Hall–Kier alpha value is -1.79. The van der Waals surface area contributed by atoms with Crippen LogP contribution in [0.25, 0.3) is 0 Å². The van der Waals surface area contributed by atoms with Crippen LogP contribution in [-0.4, -0.2) is 35.7 Å². The summed E-state index contributed by atoms with van der Waals surface area (Å²) in [5.74, 6) is -1.82. The summed E-state index contributed by atoms with van der Waals surface area (Å²) < 4.78 is 4.21. The van der Waals surface area contributed by atoms with E-state index < -0.39 is 30.6 Å². The third-order valence-electron chi connectivity index (χ3n) is 1.07. The maximum absolute atomic E-state index is 10.5. The fourth-order valence-electron chi connectivity index (χ4n) is 0.586. The summed E-state index contributed by atoms with van der Waals surface area (Å²) in [7, 11) is 0. The Morgan fingerprint density at radius 3 is 2.38 bits per heavy atom. The Balaban J connectivity index is 4.02. The van der Waals surface area contributed by atoms with Crippen molar-refractivity contribution in [1.82, 2.24) is 5.32 Å². The topological polar surface area (TPSA) is 119 Å². The number of primary amides is 1. The average molecular weight is 190 g/mol. The number of hydrogen-bond acceptors (Lipinski definition) is 4. The summed E-state index contributed by atoms with van der Waals surface area (Å²) in [6, 6.07) is -1.26. The van der Waals surface area contributed by atoms with Gasteiger partial charge in [0, 0.05) is 6.92 Å². The van der Waals surface area contributed by atoms with E-state index in [4.69, 9.17) is 5.11 Å². The van der Waals surface area contributed by atoms with Crippen LogP contribution in [-0.2, 0) is 14.3 Å². The molecule has 4 N–H and O–H groups in total. The van der Waals surface area contributed by atoms with Gasteiger partial charge in [-0.05, 0) is 0 Å². The molecular weight excluding hydrogens is 180 g/mol. The van der Waals surface area contributed by atoms with Gasteiger partial charge in [-0.25, -0.2) is 9.59 Å². The largest absolute Gasteiger partial charge is 0.480 e. The van der Waals surface area contributed by atoms with Gasteiger partial charge in [0.05, 0.1) is 0 Å². The van der Waals surface area contributed by atoms with E-state index in [1.165, 1.54) is 0 Å². The molecule has 0 aromatic heterocycles. The number of aliphatic carboxylic acids is 1. The first kappa shape index (κ1) is 11.2. The number of nitrogens with one attached hydrogen (secondary N) is 1. The third-order valence-corrected chi connectivity index (χ3v) is 1.07. The first-order valence-corrected chi connectivity index (χ1v) is 3.35. The van der Waals surface area contributed by atoms with Crippen LogP contribution in [0.3, 0.4) is 0 Å². The second-order valence-corrected chi connectivity index (χ2v) is 2.22. The molecule has 2 amide bonds. The van der Waals surface area contributed by atoms with Gasteiger partial charge in [0.1, 0.15) is 6.61 Å². The van der Waals surface area contributed by atoms with Crippen LogP contribution < -0.4 is 11.1 Å². The van der Waals surface area contributed by atoms with E-state index in [0.717, 1.165) is 6.92 Å². The Morgan fingerprint density at radius 2 is 2.08 bits per heavy atom. The van der Waals surface area contributed by atoms with Crippen molar-refractivity contribution in [2.75, 3.05) is 6.61 Å². The van der Waals surface area contributed by atoms with Crippen molar-refractivity contribution in [3.63, 3.8) is 0 Å². The van der Waals surface area contributed by atoms with Crippen LogP contribution in [0.15, 0.2) is 0 Å². The molecule has 7 heteroatoms. The summed E-state index contributed by atoms with van der Waals surface area (Å²) >= 11 is 0. The van der Waals surface area contributed by atoms with Gasteiger partial charge in [0.25, 0.3) is 0 Å². The van der Waals surface area contributed by atoms with Gasteiger partial charge in [-0.15, -0.1) is 0 Å². The number of carbonyl (C=O) groups excluding carboxylic acids is 2. The fourth-order valence-corrected chi connectivity index (χ4v) is 0.586. The molecule has 0 fully saturated rings. The molecule has 0 aromatic carbocycles. The van der Waals surface area contributed by atoms with Gasteiger partial charge >= 0.3 is 12.1 Å². The average Bonchev–Trinajstić information content (AvgIpc) is 1.96. The van der Waals surface area contributed by atoms with Gasteiger partial charge < -0.3 is 20.9 Å². The molecule has 0 aliphatic heterocycles. The second-order valence-electron chi connectivity index (χ2n) is 2.22. The highest BCUT2D eigenvalue weighted by Gasteiger charge is 2.19. The predicted molar refractivity (Wildman–Crippen MR) is 40.8 cm³/mol. The van der Waals surface area contributed by atoms with E-state index >= 15 is 0 Å². The molecule has 0 saturated heterocycles. The van der Waals surface area contributed by atoms with E-state index in [2.05, 4.69) is 15.8 Å². The molecular formula is C6H10N2O5. The molecule has 0 bridgehead atoms. The van der Waals surface area contributed by atoms with E-state index in [-0.39, 0.29) is 0 Å².